The number of carbonyl (C=O) groups excluding carboxylic acids is 1. The Morgan fingerprint density at radius 1 is 1.19 bits per heavy atom. The Kier molecular flexibility index (Phi) is 7.25. The maximum absolute atomic E-state index is 11.6. The largest absolute Gasteiger partial charge is 0.478 e. The third-order valence-corrected chi connectivity index (χ3v) is 2.28. The van der Waals surface area contributed by atoms with Crippen molar-refractivity contribution in [2.75, 3.05) is 14.1 Å². The van der Waals surface area contributed by atoms with Crippen LogP contribution in [0.4, 0.5) is 0 Å². The molecule has 0 radical (unpaired) electrons. The van der Waals surface area contributed by atoms with Gasteiger partial charge in [-0.2, -0.15) is 0 Å². The van der Waals surface area contributed by atoms with Crippen molar-refractivity contribution in [2.24, 2.45) is 0 Å². The first-order valence-corrected chi connectivity index (χ1v) is 5.64. The summed E-state index contributed by atoms with van der Waals surface area (Å²) in [6.45, 7) is 2.11. The molecule has 0 fully saturated rings. The fourth-order valence-electron chi connectivity index (χ4n) is 1.42. The van der Waals surface area contributed by atoms with Crippen LogP contribution in [0.15, 0.2) is 11.6 Å². The molecule has 0 bridgehead atoms. The van der Waals surface area contributed by atoms with Crippen molar-refractivity contribution in [3.63, 3.8) is 0 Å². The average Bonchev–Trinajstić information content (AvgIpc) is 2.20. The number of nitrogens with zero attached hydrogens (tertiary/aromatic N) is 1. The molecule has 4 heteroatoms. The van der Waals surface area contributed by atoms with Gasteiger partial charge in [-0.15, -0.1) is 0 Å². The number of amides is 1. The highest BCUT2D eigenvalue weighted by Gasteiger charge is 2.12. The van der Waals surface area contributed by atoms with Crippen molar-refractivity contribution in [2.45, 2.75) is 39.0 Å². The number of rotatable bonds is 7. The van der Waals surface area contributed by atoms with E-state index < -0.39 is 5.97 Å². The second-order valence-corrected chi connectivity index (χ2v) is 4.02. The van der Waals surface area contributed by atoms with Crippen LogP contribution in [0.2, 0.25) is 0 Å². The van der Waals surface area contributed by atoms with Gasteiger partial charge in [0.2, 0.25) is 5.91 Å². The standard InChI is InChI=1S/C12H21NO3/c1-4-5-6-7-8-10(9-11(14)15)12(16)13(2)3/h9H,4-8H2,1-3H3,(H,14,15)/b10-9-. The normalized spacial score (nSPS) is 11.3. The lowest BCUT2D eigenvalue weighted by atomic mass is 10.1. The Morgan fingerprint density at radius 3 is 2.25 bits per heavy atom. The molecule has 0 aromatic carbocycles. The molecule has 0 aromatic heterocycles. The monoisotopic (exact) mass is 227 g/mol. The van der Waals surface area contributed by atoms with Gasteiger partial charge in [-0.25, -0.2) is 4.79 Å². The predicted molar refractivity (Wildman–Crippen MR) is 63.2 cm³/mol. The fourth-order valence-corrected chi connectivity index (χ4v) is 1.42. The van der Waals surface area contributed by atoms with Crippen LogP contribution in [0.25, 0.3) is 0 Å². The number of aliphatic carboxylic acids is 1. The van der Waals surface area contributed by atoms with Crippen molar-refractivity contribution in [3.8, 4) is 0 Å². The first-order chi connectivity index (χ1) is 7.49. The van der Waals surface area contributed by atoms with Crippen LogP contribution in [0.5, 0.6) is 0 Å². The number of likely N-dealkylation sites (N-methyl/N-ethyl adjacent to an activating group) is 1. The zero-order valence-electron chi connectivity index (χ0n) is 10.3. The SMILES string of the molecule is CCCCCC/C(=C/C(=O)O)C(=O)N(C)C. The molecule has 0 heterocycles. The highest BCUT2D eigenvalue weighted by Crippen LogP contribution is 2.12. The van der Waals surface area contributed by atoms with E-state index in [4.69, 9.17) is 5.11 Å². The van der Waals surface area contributed by atoms with Crippen molar-refractivity contribution in [3.05, 3.63) is 11.6 Å². The van der Waals surface area contributed by atoms with E-state index in [2.05, 4.69) is 6.92 Å². The van der Waals surface area contributed by atoms with E-state index in [1.54, 1.807) is 14.1 Å². The summed E-state index contributed by atoms with van der Waals surface area (Å²) in [6.07, 6.45) is 5.72. The summed E-state index contributed by atoms with van der Waals surface area (Å²) in [5, 5.41) is 8.67. The Balaban J connectivity index is 4.34. The number of hydrogen-bond acceptors (Lipinski definition) is 2. The smallest absolute Gasteiger partial charge is 0.328 e. The molecule has 1 amide bonds. The summed E-state index contributed by atoms with van der Waals surface area (Å²) in [6, 6.07) is 0. The number of carbonyl (C=O) groups is 2. The van der Waals surface area contributed by atoms with Gasteiger partial charge in [-0.3, -0.25) is 4.79 Å². The molecule has 0 aliphatic heterocycles. The number of unbranched alkanes of at least 4 members (excludes halogenated alkanes) is 3. The maximum atomic E-state index is 11.6. The van der Waals surface area contributed by atoms with Crippen molar-refractivity contribution >= 4 is 11.9 Å². The van der Waals surface area contributed by atoms with E-state index >= 15 is 0 Å². The van der Waals surface area contributed by atoms with Crippen LogP contribution in [-0.4, -0.2) is 36.0 Å². The van der Waals surface area contributed by atoms with Gasteiger partial charge in [-0.05, 0) is 12.8 Å². The van der Waals surface area contributed by atoms with Crippen molar-refractivity contribution in [1.29, 1.82) is 0 Å². The second-order valence-electron chi connectivity index (χ2n) is 4.02. The summed E-state index contributed by atoms with van der Waals surface area (Å²) in [5.74, 6) is -1.26. The Morgan fingerprint density at radius 2 is 1.81 bits per heavy atom. The second kappa shape index (κ2) is 7.91. The number of carboxylic acids is 1. The van der Waals surface area contributed by atoms with E-state index in [1.807, 2.05) is 0 Å². The molecule has 4 nitrogen and oxygen atoms in total. The molecule has 0 saturated carbocycles. The highest BCUT2D eigenvalue weighted by atomic mass is 16.4. The van der Waals surface area contributed by atoms with Crippen molar-refractivity contribution < 1.29 is 14.7 Å². The van der Waals surface area contributed by atoms with Gasteiger partial charge in [0.1, 0.15) is 0 Å². The molecule has 0 rings (SSSR count). The molecule has 0 aromatic rings. The van der Waals surface area contributed by atoms with E-state index in [0.717, 1.165) is 31.8 Å². The molecule has 1 N–H and O–H groups in total. The van der Waals surface area contributed by atoms with Crippen LogP contribution in [0.1, 0.15) is 39.0 Å². The summed E-state index contributed by atoms with van der Waals surface area (Å²) in [7, 11) is 3.26. The van der Waals surface area contributed by atoms with Gasteiger partial charge < -0.3 is 10.0 Å². The first-order valence-electron chi connectivity index (χ1n) is 5.64. The Bertz CT molecular complexity index is 269. The minimum absolute atomic E-state index is 0.209. The predicted octanol–water partition coefficient (Wildman–Crippen LogP) is 2.06. The Labute approximate surface area is 96.9 Å². The molecule has 0 saturated heterocycles. The van der Waals surface area contributed by atoms with E-state index in [1.165, 1.54) is 4.90 Å². The molecule has 0 aliphatic rings. The Hall–Kier alpha value is -1.32. The molecule has 0 aliphatic carbocycles. The van der Waals surface area contributed by atoms with E-state index in [0.29, 0.717) is 12.0 Å². The fraction of sp³-hybridized carbons (Fsp3) is 0.667. The zero-order chi connectivity index (χ0) is 12.6. The van der Waals surface area contributed by atoms with Crippen LogP contribution < -0.4 is 0 Å². The lowest BCUT2D eigenvalue weighted by Crippen LogP contribution is -2.24. The van der Waals surface area contributed by atoms with Crippen molar-refractivity contribution in [1.82, 2.24) is 4.90 Å². The van der Waals surface area contributed by atoms with E-state index in [9.17, 15) is 9.59 Å². The molecular weight excluding hydrogens is 206 g/mol. The molecule has 16 heavy (non-hydrogen) atoms. The van der Waals surface area contributed by atoms with Crippen LogP contribution in [0.3, 0.4) is 0 Å². The van der Waals surface area contributed by atoms with Crippen LogP contribution in [0, 0.1) is 0 Å². The van der Waals surface area contributed by atoms with Crippen LogP contribution >= 0.6 is 0 Å². The highest BCUT2D eigenvalue weighted by molar-refractivity contribution is 5.98. The molecule has 0 spiro atoms. The first kappa shape index (κ1) is 14.7. The van der Waals surface area contributed by atoms with Crippen LogP contribution in [-0.2, 0) is 9.59 Å². The van der Waals surface area contributed by atoms with Gasteiger partial charge in [0.05, 0.1) is 0 Å². The molecule has 0 unspecified atom stereocenters. The molecular formula is C12H21NO3. The lowest BCUT2D eigenvalue weighted by molar-refractivity contribution is -0.132. The number of carboxylic acid groups (broad SMARTS) is 1. The third-order valence-electron chi connectivity index (χ3n) is 2.28. The quantitative estimate of drug-likeness (QED) is 0.535. The van der Waals surface area contributed by atoms with Gasteiger partial charge in [-0.1, -0.05) is 26.2 Å². The van der Waals surface area contributed by atoms with Gasteiger partial charge in [0.15, 0.2) is 0 Å². The average molecular weight is 227 g/mol. The minimum Gasteiger partial charge on any atom is -0.478 e. The van der Waals surface area contributed by atoms with Gasteiger partial charge >= 0.3 is 5.97 Å². The lowest BCUT2D eigenvalue weighted by Gasteiger charge is -2.12. The minimum atomic E-state index is -1.05. The van der Waals surface area contributed by atoms with E-state index in [-0.39, 0.29) is 5.91 Å². The summed E-state index contributed by atoms with van der Waals surface area (Å²) >= 11 is 0. The third kappa shape index (κ3) is 6.22. The molecule has 0 atom stereocenters. The molecule has 92 valence electrons. The number of hydrogen-bond donors (Lipinski definition) is 1. The maximum Gasteiger partial charge on any atom is 0.328 e. The zero-order valence-corrected chi connectivity index (χ0v) is 10.3. The van der Waals surface area contributed by atoms with Gasteiger partial charge in [0.25, 0.3) is 0 Å². The topological polar surface area (TPSA) is 57.6 Å². The van der Waals surface area contributed by atoms with Gasteiger partial charge in [0, 0.05) is 25.7 Å². The summed E-state index contributed by atoms with van der Waals surface area (Å²) < 4.78 is 0. The summed E-state index contributed by atoms with van der Waals surface area (Å²) in [4.78, 5) is 23.6. The summed E-state index contributed by atoms with van der Waals surface area (Å²) in [5.41, 5.74) is 0.383.